The van der Waals surface area contributed by atoms with Crippen LogP contribution in [-0.2, 0) is 0 Å². The molecule has 0 aromatic carbocycles. The first-order valence-electron chi connectivity index (χ1n) is 10.2. The van der Waals surface area contributed by atoms with Gasteiger partial charge in [-0.05, 0) is 43.4 Å². The maximum Gasteiger partial charge on any atom is 0.407 e. The number of nitrogens with one attached hydrogen (secondary N) is 1. The van der Waals surface area contributed by atoms with Gasteiger partial charge in [0.25, 0.3) is 5.78 Å². The molecule has 2 unspecified atom stereocenters. The molecule has 3 atom stereocenters. The Morgan fingerprint density at radius 3 is 2.82 bits per heavy atom. The van der Waals surface area contributed by atoms with Gasteiger partial charge in [0.15, 0.2) is 0 Å². The van der Waals surface area contributed by atoms with Crippen molar-refractivity contribution < 1.29 is 14.6 Å². The lowest BCUT2D eigenvalue weighted by atomic mass is 9.94. The summed E-state index contributed by atoms with van der Waals surface area (Å²) in [6.45, 7) is 5.66. The molecule has 3 aliphatic rings. The first-order valence-corrected chi connectivity index (χ1v) is 10.2. The number of likely N-dealkylation sites (tertiary alicyclic amines) is 1. The Balaban J connectivity index is 1.34. The van der Waals surface area contributed by atoms with E-state index >= 15 is 0 Å². The van der Waals surface area contributed by atoms with Gasteiger partial charge in [0.05, 0.1) is 5.69 Å². The molecule has 2 aliphatic carbocycles. The molecular weight excluding hydrogens is 360 g/mol. The molecule has 9 nitrogen and oxygen atoms in total. The van der Waals surface area contributed by atoms with E-state index in [1.807, 2.05) is 6.07 Å². The second-order valence-corrected chi connectivity index (χ2v) is 8.61. The van der Waals surface area contributed by atoms with Crippen molar-refractivity contribution in [2.24, 2.45) is 11.8 Å². The summed E-state index contributed by atoms with van der Waals surface area (Å²) in [6.07, 6.45) is 3.46. The van der Waals surface area contributed by atoms with Crippen LogP contribution in [0.15, 0.2) is 6.07 Å². The zero-order chi connectivity index (χ0) is 19.4. The minimum absolute atomic E-state index is 0.169. The van der Waals surface area contributed by atoms with Gasteiger partial charge in [-0.3, -0.25) is 0 Å². The normalized spacial score (nSPS) is 26.4. The second-order valence-electron chi connectivity index (χ2n) is 8.61. The van der Waals surface area contributed by atoms with Crippen LogP contribution in [0.5, 0.6) is 6.01 Å². The first-order chi connectivity index (χ1) is 13.5. The van der Waals surface area contributed by atoms with E-state index < -0.39 is 6.09 Å². The van der Waals surface area contributed by atoms with Crippen LogP contribution in [0.2, 0.25) is 0 Å². The van der Waals surface area contributed by atoms with Gasteiger partial charge in [0.1, 0.15) is 11.9 Å². The fourth-order valence-corrected chi connectivity index (χ4v) is 4.45. The van der Waals surface area contributed by atoms with E-state index in [0.29, 0.717) is 30.2 Å². The lowest BCUT2D eigenvalue weighted by Gasteiger charge is -2.29. The Labute approximate surface area is 163 Å². The van der Waals surface area contributed by atoms with Crippen LogP contribution in [0, 0.1) is 11.8 Å². The Kier molecular flexibility index (Phi) is 4.06. The molecule has 0 spiro atoms. The van der Waals surface area contributed by atoms with Crippen molar-refractivity contribution >= 4 is 17.7 Å². The minimum atomic E-state index is -0.790. The molecule has 3 heterocycles. The van der Waals surface area contributed by atoms with Crippen LogP contribution in [0.25, 0.3) is 5.78 Å². The maximum atomic E-state index is 11.3. The van der Waals surface area contributed by atoms with Crippen molar-refractivity contribution in [3.8, 4) is 6.01 Å². The predicted octanol–water partition coefficient (Wildman–Crippen LogP) is 2.59. The lowest BCUT2D eigenvalue weighted by Crippen LogP contribution is -2.40. The Morgan fingerprint density at radius 1 is 1.36 bits per heavy atom. The molecule has 1 amide bonds. The lowest BCUT2D eigenvalue weighted by molar-refractivity contribution is 0.121. The molecule has 2 saturated carbocycles. The third kappa shape index (κ3) is 3.12. The van der Waals surface area contributed by atoms with Gasteiger partial charge in [-0.2, -0.15) is 9.50 Å². The summed E-state index contributed by atoms with van der Waals surface area (Å²) < 4.78 is 7.47. The topological polar surface area (TPSA) is 105 Å². The molecule has 2 aromatic rings. The molecule has 5 rings (SSSR count). The number of piperidine rings is 1. The van der Waals surface area contributed by atoms with E-state index in [2.05, 4.69) is 34.2 Å². The van der Waals surface area contributed by atoms with Gasteiger partial charge in [0, 0.05) is 25.2 Å². The van der Waals surface area contributed by atoms with Gasteiger partial charge in [-0.15, -0.1) is 5.10 Å². The van der Waals surface area contributed by atoms with E-state index in [9.17, 15) is 9.90 Å². The van der Waals surface area contributed by atoms with E-state index in [1.54, 1.807) is 9.42 Å². The number of anilines is 1. The second kappa shape index (κ2) is 6.49. The molecule has 2 aromatic heterocycles. The van der Waals surface area contributed by atoms with Crippen LogP contribution in [0.4, 0.5) is 10.6 Å². The summed E-state index contributed by atoms with van der Waals surface area (Å²) in [5, 5.41) is 17.3. The fourth-order valence-electron chi connectivity index (χ4n) is 4.45. The number of aromatic nitrogens is 4. The predicted molar refractivity (Wildman–Crippen MR) is 102 cm³/mol. The highest BCUT2D eigenvalue weighted by molar-refractivity contribution is 5.66. The van der Waals surface area contributed by atoms with Crippen molar-refractivity contribution in [2.45, 2.75) is 57.6 Å². The number of nitrogens with zero attached hydrogens (tertiary/aromatic N) is 5. The van der Waals surface area contributed by atoms with Crippen LogP contribution in [0.3, 0.4) is 0 Å². The number of carbonyl (C=O) groups is 1. The van der Waals surface area contributed by atoms with Crippen molar-refractivity contribution in [1.29, 1.82) is 0 Å². The zero-order valence-corrected chi connectivity index (χ0v) is 16.2. The Morgan fingerprint density at radius 2 is 2.18 bits per heavy atom. The number of hydrogen-bond acceptors (Lipinski definition) is 6. The summed E-state index contributed by atoms with van der Waals surface area (Å²) in [5.74, 6) is 2.60. The molecule has 9 heteroatoms. The maximum absolute atomic E-state index is 11.3. The monoisotopic (exact) mass is 386 g/mol. The van der Waals surface area contributed by atoms with Crippen molar-refractivity contribution in [3.63, 3.8) is 0 Å². The van der Waals surface area contributed by atoms with Gasteiger partial charge in [0.2, 0.25) is 0 Å². The number of carboxylic acid groups (broad SMARTS) is 1. The molecule has 150 valence electrons. The van der Waals surface area contributed by atoms with Crippen LogP contribution in [0.1, 0.15) is 51.1 Å². The molecular formula is C19H26N6O3. The van der Waals surface area contributed by atoms with Crippen LogP contribution >= 0.6 is 0 Å². The fraction of sp³-hybridized carbons (Fsp3) is 0.684. The first kappa shape index (κ1) is 17.5. The van der Waals surface area contributed by atoms with E-state index in [-0.39, 0.29) is 18.1 Å². The summed E-state index contributed by atoms with van der Waals surface area (Å²) in [6, 6.07) is 2.59. The molecule has 3 fully saturated rings. The van der Waals surface area contributed by atoms with Gasteiger partial charge in [-0.1, -0.05) is 13.8 Å². The largest absolute Gasteiger partial charge is 0.465 e. The third-order valence-corrected chi connectivity index (χ3v) is 6.18. The molecule has 28 heavy (non-hydrogen) atoms. The molecule has 0 radical (unpaired) electrons. The quantitative estimate of drug-likeness (QED) is 0.786. The number of hydrogen-bond donors (Lipinski definition) is 2. The van der Waals surface area contributed by atoms with Crippen molar-refractivity contribution in [3.05, 3.63) is 11.8 Å². The average molecular weight is 386 g/mol. The number of fused-ring (bicyclic) bond motifs is 3. The Hall–Kier alpha value is -2.58. The van der Waals surface area contributed by atoms with Crippen molar-refractivity contribution in [1.82, 2.24) is 24.5 Å². The molecule has 1 aliphatic heterocycles. The van der Waals surface area contributed by atoms with E-state index in [0.717, 1.165) is 43.7 Å². The average Bonchev–Trinajstić information content (AvgIpc) is 3.06. The highest BCUT2D eigenvalue weighted by atomic mass is 16.5. The number of amides is 1. The zero-order valence-electron chi connectivity index (χ0n) is 16.2. The standard InChI is InChI=1S/C19H26N6O3/c1-10(2)15-7-16(25-17(21-15)22-18(23-25)28-14-3-4-14)20-8-11-5-13-6-12(11)9-24(13)19(26)27/h7,10-14,20H,3-6,8-9H2,1-2H3,(H,26,27)/t11-,12?,13?/m0/s1. The van der Waals surface area contributed by atoms with E-state index in [1.165, 1.54) is 0 Å². The Bertz CT molecular complexity index is 908. The molecule has 2 N–H and O–H groups in total. The highest BCUT2D eigenvalue weighted by Crippen LogP contribution is 2.42. The van der Waals surface area contributed by atoms with Gasteiger partial charge < -0.3 is 20.1 Å². The molecule has 2 bridgehead atoms. The number of ether oxygens (including phenoxy) is 1. The SMILES string of the molecule is CC(C)c1cc(NC[C@@H]2CC3CC2CN3C(=O)O)n2nc(OC3CC3)nc2n1. The summed E-state index contributed by atoms with van der Waals surface area (Å²) in [4.78, 5) is 22.0. The van der Waals surface area contributed by atoms with Gasteiger partial charge >= 0.3 is 12.1 Å². The highest BCUT2D eigenvalue weighted by Gasteiger charge is 2.46. The molecule has 1 saturated heterocycles. The van der Waals surface area contributed by atoms with Crippen LogP contribution < -0.4 is 10.1 Å². The smallest absolute Gasteiger partial charge is 0.407 e. The summed E-state index contributed by atoms with van der Waals surface area (Å²) >= 11 is 0. The van der Waals surface area contributed by atoms with Crippen LogP contribution in [-0.4, -0.2) is 60.9 Å². The minimum Gasteiger partial charge on any atom is -0.465 e. The van der Waals surface area contributed by atoms with Crippen molar-refractivity contribution in [2.75, 3.05) is 18.4 Å². The summed E-state index contributed by atoms with van der Waals surface area (Å²) in [5.41, 5.74) is 0.963. The van der Waals surface area contributed by atoms with Gasteiger partial charge in [-0.25, -0.2) is 9.78 Å². The number of rotatable bonds is 6. The van der Waals surface area contributed by atoms with E-state index in [4.69, 9.17) is 4.74 Å². The summed E-state index contributed by atoms with van der Waals surface area (Å²) in [7, 11) is 0. The third-order valence-electron chi connectivity index (χ3n) is 6.18.